The average molecular weight is 221 g/mol. The van der Waals surface area contributed by atoms with Gasteiger partial charge in [-0.3, -0.25) is 4.79 Å². The fraction of sp³-hybridized carbons (Fsp3) is 0.0667. The number of carbonyl (C=O) groups excluding carboxylic acids is 1. The lowest BCUT2D eigenvalue weighted by Crippen LogP contribution is -2.03. The van der Waals surface area contributed by atoms with Gasteiger partial charge in [0.2, 0.25) is 0 Å². The third-order valence-electron chi connectivity index (χ3n) is 2.56. The highest BCUT2D eigenvalue weighted by Crippen LogP contribution is 2.20. The minimum Gasteiger partial charge on any atom is -0.294 e. The van der Waals surface area contributed by atoms with Gasteiger partial charge in [-0.2, -0.15) is 0 Å². The van der Waals surface area contributed by atoms with Gasteiger partial charge in [-0.1, -0.05) is 54.6 Å². The second kappa shape index (κ2) is 5.09. The number of hydrogen-bond donors (Lipinski definition) is 0. The average Bonchev–Trinajstić information content (AvgIpc) is 2.40. The SMILES string of the molecule is [C-]#[N+]c1ccccc1CC(=O)c1ccccc1. The summed E-state index contributed by atoms with van der Waals surface area (Å²) in [7, 11) is 0. The highest BCUT2D eigenvalue weighted by atomic mass is 16.1. The third kappa shape index (κ3) is 2.59. The van der Waals surface area contributed by atoms with Crippen LogP contribution in [0.4, 0.5) is 5.69 Å². The normalized spacial score (nSPS) is 9.59. The van der Waals surface area contributed by atoms with Crippen molar-refractivity contribution in [2.24, 2.45) is 0 Å². The van der Waals surface area contributed by atoms with Gasteiger partial charge in [0.25, 0.3) is 0 Å². The Balaban J connectivity index is 2.23. The van der Waals surface area contributed by atoms with Crippen LogP contribution in [0.5, 0.6) is 0 Å². The maximum absolute atomic E-state index is 12.0. The number of nitrogens with zero attached hydrogens (tertiary/aromatic N) is 1. The lowest BCUT2D eigenvalue weighted by atomic mass is 10.0. The summed E-state index contributed by atoms with van der Waals surface area (Å²) in [4.78, 5) is 15.4. The van der Waals surface area contributed by atoms with E-state index in [1.807, 2.05) is 36.4 Å². The maximum Gasteiger partial charge on any atom is 0.190 e. The highest BCUT2D eigenvalue weighted by Gasteiger charge is 2.09. The zero-order valence-corrected chi connectivity index (χ0v) is 9.26. The van der Waals surface area contributed by atoms with E-state index in [2.05, 4.69) is 4.85 Å². The molecule has 0 fully saturated rings. The molecular formula is C15H11NO. The minimum atomic E-state index is 0.0432. The third-order valence-corrected chi connectivity index (χ3v) is 2.56. The van der Waals surface area contributed by atoms with Crippen LogP contribution in [-0.2, 0) is 6.42 Å². The molecule has 82 valence electrons. The molecule has 0 heterocycles. The lowest BCUT2D eigenvalue weighted by Gasteiger charge is -2.03. The molecule has 0 aliphatic carbocycles. The van der Waals surface area contributed by atoms with Gasteiger partial charge in [0, 0.05) is 12.0 Å². The molecule has 0 spiro atoms. The van der Waals surface area contributed by atoms with Gasteiger partial charge in [0.1, 0.15) is 0 Å². The van der Waals surface area contributed by atoms with Crippen LogP contribution in [0.15, 0.2) is 54.6 Å². The predicted octanol–water partition coefficient (Wildman–Crippen LogP) is 3.66. The molecule has 0 N–H and O–H groups in total. The molecule has 0 aromatic heterocycles. The maximum atomic E-state index is 12.0. The first-order valence-corrected chi connectivity index (χ1v) is 5.35. The number of benzene rings is 2. The summed E-state index contributed by atoms with van der Waals surface area (Å²) in [6.45, 7) is 7.05. The zero-order valence-electron chi connectivity index (χ0n) is 9.26. The minimum absolute atomic E-state index is 0.0432. The number of carbonyl (C=O) groups is 1. The second-order valence-electron chi connectivity index (χ2n) is 3.71. The van der Waals surface area contributed by atoms with Gasteiger partial charge in [-0.25, -0.2) is 4.85 Å². The van der Waals surface area contributed by atoms with E-state index in [9.17, 15) is 4.79 Å². The molecule has 17 heavy (non-hydrogen) atoms. The predicted molar refractivity (Wildman–Crippen MR) is 67.2 cm³/mol. The van der Waals surface area contributed by atoms with Crippen molar-refractivity contribution < 1.29 is 4.79 Å². The summed E-state index contributed by atoms with van der Waals surface area (Å²) < 4.78 is 0. The number of ketones is 1. The molecule has 2 aromatic rings. The Labute approximate surface area is 100 Å². The van der Waals surface area contributed by atoms with Crippen LogP contribution in [0, 0.1) is 6.57 Å². The first-order valence-electron chi connectivity index (χ1n) is 5.35. The molecule has 0 amide bonds. The topological polar surface area (TPSA) is 21.4 Å². The van der Waals surface area contributed by atoms with Crippen molar-refractivity contribution in [1.29, 1.82) is 0 Å². The lowest BCUT2D eigenvalue weighted by molar-refractivity contribution is 0.0993. The van der Waals surface area contributed by atoms with Crippen LogP contribution in [0.1, 0.15) is 15.9 Å². The van der Waals surface area contributed by atoms with E-state index in [0.717, 1.165) is 5.56 Å². The van der Waals surface area contributed by atoms with Gasteiger partial charge in [-0.05, 0) is 5.56 Å². The molecule has 0 aliphatic heterocycles. The van der Waals surface area contributed by atoms with E-state index in [4.69, 9.17) is 6.57 Å². The van der Waals surface area contributed by atoms with Gasteiger partial charge in [0.05, 0.1) is 6.57 Å². The summed E-state index contributed by atoms with van der Waals surface area (Å²) in [5.74, 6) is 0.0432. The molecule has 0 saturated carbocycles. The number of hydrogen-bond acceptors (Lipinski definition) is 1. The molecule has 0 radical (unpaired) electrons. The zero-order chi connectivity index (χ0) is 12.1. The first kappa shape index (κ1) is 11.1. The molecule has 0 unspecified atom stereocenters. The van der Waals surface area contributed by atoms with Gasteiger partial charge >= 0.3 is 0 Å². The Kier molecular flexibility index (Phi) is 3.32. The second-order valence-corrected chi connectivity index (χ2v) is 3.71. The Morgan fingerprint density at radius 3 is 2.35 bits per heavy atom. The highest BCUT2D eigenvalue weighted by molar-refractivity contribution is 5.98. The van der Waals surface area contributed by atoms with Crippen LogP contribution < -0.4 is 0 Å². The van der Waals surface area contributed by atoms with E-state index < -0.39 is 0 Å². The van der Waals surface area contributed by atoms with Crippen molar-refractivity contribution in [3.8, 4) is 0 Å². The summed E-state index contributed by atoms with van der Waals surface area (Å²) in [6.07, 6.45) is 0.280. The summed E-state index contributed by atoms with van der Waals surface area (Å²) in [5.41, 5.74) is 2.03. The Morgan fingerprint density at radius 2 is 1.65 bits per heavy atom. The van der Waals surface area contributed by atoms with E-state index in [-0.39, 0.29) is 12.2 Å². The van der Waals surface area contributed by atoms with Crippen LogP contribution in [0.25, 0.3) is 4.85 Å². The standard InChI is InChI=1S/C15H11NO/c1-16-14-10-6-5-9-13(14)11-15(17)12-7-3-2-4-8-12/h2-10H,11H2. The van der Waals surface area contributed by atoms with Gasteiger partial charge in [0.15, 0.2) is 11.5 Å². The summed E-state index contributed by atoms with van der Waals surface area (Å²) in [5, 5.41) is 0. The Morgan fingerprint density at radius 1 is 1.00 bits per heavy atom. The Hall–Kier alpha value is -2.40. The van der Waals surface area contributed by atoms with E-state index in [0.29, 0.717) is 11.3 Å². The monoisotopic (exact) mass is 221 g/mol. The first-order chi connectivity index (χ1) is 8.31. The van der Waals surface area contributed by atoms with E-state index in [1.165, 1.54) is 0 Å². The van der Waals surface area contributed by atoms with Crippen molar-refractivity contribution in [3.05, 3.63) is 77.1 Å². The summed E-state index contributed by atoms with van der Waals surface area (Å²) in [6, 6.07) is 16.4. The molecule has 2 heteroatoms. The van der Waals surface area contributed by atoms with E-state index >= 15 is 0 Å². The molecule has 0 aliphatic rings. The fourth-order valence-electron chi connectivity index (χ4n) is 1.67. The molecular weight excluding hydrogens is 210 g/mol. The van der Waals surface area contributed by atoms with Crippen molar-refractivity contribution in [2.75, 3.05) is 0 Å². The molecule has 0 saturated heterocycles. The van der Waals surface area contributed by atoms with Crippen molar-refractivity contribution >= 4 is 11.5 Å². The number of Topliss-reactive ketones (excluding diaryl/α,β-unsaturated/α-hetero) is 1. The molecule has 2 nitrogen and oxygen atoms in total. The van der Waals surface area contributed by atoms with Crippen molar-refractivity contribution in [1.82, 2.24) is 0 Å². The molecule has 0 atom stereocenters. The smallest absolute Gasteiger partial charge is 0.190 e. The quantitative estimate of drug-likeness (QED) is 0.572. The summed E-state index contributed by atoms with van der Waals surface area (Å²) >= 11 is 0. The van der Waals surface area contributed by atoms with Crippen LogP contribution in [0.2, 0.25) is 0 Å². The van der Waals surface area contributed by atoms with Crippen LogP contribution in [0.3, 0.4) is 0 Å². The van der Waals surface area contributed by atoms with E-state index in [1.54, 1.807) is 18.2 Å². The molecule has 0 bridgehead atoms. The van der Waals surface area contributed by atoms with Gasteiger partial charge < -0.3 is 0 Å². The van der Waals surface area contributed by atoms with Crippen molar-refractivity contribution in [3.63, 3.8) is 0 Å². The fourth-order valence-corrected chi connectivity index (χ4v) is 1.67. The number of para-hydroxylation sites is 1. The number of rotatable bonds is 3. The molecule has 2 aromatic carbocycles. The van der Waals surface area contributed by atoms with Crippen molar-refractivity contribution in [2.45, 2.75) is 6.42 Å². The largest absolute Gasteiger partial charge is 0.294 e. The van der Waals surface area contributed by atoms with Gasteiger partial charge in [-0.15, -0.1) is 0 Å². The van der Waals surface area contributed by atoms with Crippen LogP contribution in [-0.4, -0.2) is 5.78 Å². The Bertz CT molecular complexity index is 567. The van der Waals surface area contributed by atoms with Crippen LogP contribution >= 0.6 is 0 Å². The molecule has 2 rings (SSSR count).